The molecule has 0 atom stereocenters. The molecule has 0 aliphatic rings. The van der Waals surface area contributed by atoms with Crippen molar-refractivity contribution in [3.05, 3.63) is 60.0 Å². The van der Waals surface area contributed by atoms with E-state index in [-0.39, 0.29) is 0 Å². The van der Waals surface area contributed by atoms with E-state index in [0.717, 1.165) is 16.9 Å². The SMILES string of the molecule is Cc1ccc2cc(-c3cccnc3C(C)C)ccc2n1. The summed E-state index contributed by atoms with van der Waals surface area (Å²) in [6.07, 6.45) is 1.87. The van der Waals surface area contributed by atoms with Crippen molar-refractivity contribution < 1.29 is 0 Å². The molecule has 3 rings (SSSR count). The summed E-state index contributed by atoms with van der Waals surface area (Å²) in [5.41, 5.74) is 5.66. The maximum atomic E-state index is 4.55. The lowest BCUT2D eigenvalue weighted by atomic mass is 9.96. The lowest BCUT2D eigenvalue weighted by molar-refractivity contribution is 0.826. The van der Waals surface area contributed by atoms with Gasteiger partial charge in [-0.3, -0.25) is 9.97 Å². The number of aromatic nitrogens is 2. The van der Waals surface area contributed by atoms with Gasteiger partial charge in [-0.1, -0.05) is 32.0 Å². The van der Waals surface area contributed by atoms with E-state index in [1.165, 1.54) is 16.5 Å². The molecule has 0 amide bonds. The highest BCUT2D eigenvalue weighted by atomic mass is 14.7. The molecule has 0 aliphatic heterocycles. The maximum absolute atomic E-state index is 4.55. The molecule has 20 heavy (non-hydrogen) atoms. The van der Waals surface area contributed by atoms with Gasteiger partial charge in [-0.15, -0.1) is 0 Å². The predicted octanol–water partition coefficient (Wildman–Crippen LogP) is 4.73. The van der Waals surface area contributed by atoms with Crippen LogP contribution in [-0.4, -0.2) is 9.97 Å². The smallest absolute Gasteiger partial charge is 0.0705 e. The number of rotatable bonds is 2. The summed E-state index contributed by atoms with van der Waals surface area (Å²) in [4.78, 5) is 9.09. The van der Waals surface area contributed by atoms with E-state index in [4.69, 9.17) is 0 Å². The first kappa shape index (κ1) is 12.8. The number of hydrogen-bond donors (Lipinski definition) is 0. The highest BCUT2D eigenvalue weighted by molar-refractivity contribution is 5.85. The zero-order chi connectivity index (χ0) is 14.1. The van der Waals surface area contributed by atoms with Gasteiger partial charge in [0, 0.05) is 22.8 Å². The van der Waals surface area contributed by atoms with Crippen LogP contribution >= 0.6 is 0 Å². The Hall–Kier alpha value is -2.22. The molecular formula is C18H18N2. The highest BCUT2D eigenvalue weighted by Crippen LogP contribution is 2.29. The molecule has 2 heterocycles. The van der Waals surface area contributed by atoms with Crippen molar-refractivity contribution in [2.45, 2.75) is 26.7 Å². The van der Waals surface area contributed by atoms with Gasteiger partial charge in [-0.05, 0) is 42.7 Å². The van der Waals surface area contributed by atoms with Gasteiger partial charge in [0.2, 0.25) is 0 Å². The van der Waals surface area contributed by atoms with E-state index in [1.54, 1.807) is 0 Å². The Balaban J connectivity index is 2.18. The van der Waals surface area contributed by atoms with Gasteiger partial charge < -0.3 is 0 Å². The first-order valence-corrected chi connectivity index (χ1v) is 6.98. The van der Waals surface area contributed by atoms with Crippen LogP contribution < -0.4 is 0 Å². The summed E-state index contributed by atoms with van der Waals surface area (Å²) in [6, 6.07) is 14.8. The number of hydrogen-bond acceptors (Lipinski definition) is 2. The van der Waals surface area contributed by atoms with Crippen LogP contribution in [0.1, 0.15) is 31.2 Å². The molecule has 0 unspecified atom stereocenters. The number of aryl methyl sites for hydroxylation is 1. The Kier molecular flexibility index (Phi) is 3.23. The molecule has 2 heteroatoms. The zero-order valence-corrected chi connectivity index (χ0v) is 12.1. The largest absolute Gasteiger partial charge is 0.260 e. The van der Waals surface area contributed by atoms with Crippen molar-refractivity contribution in [3.8, 4) is 11.1 Å². The summed E-state index contributed by atoms with van der Waals surface area (Å²) in [5.74, 6) is 0.415. The van der Waals surface area contributed by atoms with Gasteiger partial charge in [0.15, 0.2) is 0 Å². The second-order valence-electron chi connectivity index (χ2n) is 5.45. The van der Waals surface area contributed by atoms with Crippen molar-refractivity contribution in [1.29, 1.82) is 0 Å². The summed E-state index contributed by atoms with van der Waals surface area (Å²) in [7, 11) is 0. The molecule has 1 aromatic carbocycles. The van der Waals surface area contributed by atoms with Crippen LogP contribution in [0.2, 0.25) is 0 Å². The Bertz CT molecular complexity index is 760. The van der Waals surface area contributed by atoms with Gasteiger partial charge in [-0.25, -0.2) is 0 Å². The lowest BCUT2D eigenvalue weighted by Gasteiger charge is -2.12. The van der Waals surface area contributed by atoms with Crippen LogP contribution in [0.4, 0.5) is 0 Å². The third-order valence-corrected chi connectivity index (χ3v) is 3.52. The lowest BCUT2D eigenvalue weighted by Crippen LogP contribution is -1.96. The van der Waals surface area contributed by atoms with Crippen molar-refractivity contribution in [2.75, 3.05) is 0 Å². The molecule has 2 nitrogen and oxygen atoms in total. The van der Waals surface area contributed by atoms with Crippen LogP contribution in [0.3, 0.4) is 0 Å². The number of fused-ring (bicyclic) bond motifs is 1. The highest BCUT2D eigenvalue weighted by Gasteiger charge is 2.10. The molecule has 2 aromatic heterocycles. The third-order valence-electron chi connectivity index (χ3n) is 3.52. The Morgan fingerprint density at radius 2 is 1.85 bits per heavy atom. The fourth-order valence-corrected chi connectivity index (χ4v) is 2.52. The Labute approximate surface area is 119 Å². The fourth-order valence-electron chi connectivity index (χ4n) is 2.52. The number of benzene rings is 1. The van der Waals surface area contributed by atoms with Crippen molar-refractivity contribution >= 4 is 10.9 Å². The Morgan fingerprint density at radius 3 is 2.65 bits per heavy atom. The van der Waals surface area contributed by atoms with E-state index >= 15 is 0 Å². The van der Waals surface area contributed by atoms with Crippen molar-refractivity contribution in [3.63, 3.8) is 0 Å². The molecule has 3 aromatic rings. The molecule has 0 saturated heterocycles. The maximum Gasteiger partial charge on any atom is 0.0705 e. The summed E-state index contributed by atoms with van der Waals surface area (Å²) in [5, 5.41) is 1.17. The first-order valence-electron chi connectivity index (χ1n) is 6.98. The molecule has 0 saturated carbocycles. The normalized spacial score (nSPS) is 11.2. The zero-order valence-electron chi connectivity index (χ0n) is 12.1. The fraction of sp³-hybridized carbons (Fsp3) is 0.222. The van der Waals surface area contributed by atoms with E-state index in [2.05, 4.69) is 60.2 Å². The minimum absolute atomic E-state index is 0.415. The minimum Gasteiger partial charge on any atom is -0.260 e. The van der Waals surface area contributed by atoms with Gasteiger partial charge in [0.25, 0.3) is 0 Å². The predicted molar refractivity (Wildman–Crippen MR) is 83.8 cm³/mol. The van der Waals surface area contributed by atoms with Crippen LogP contribution in [0.5, 0.6) is 0 Å². The molecule has 0 aliphatic carbocycles. The topological polar surface area (TPSA) is 25.8 Å². The average molecular weight is 262 g/mol. The molecule has 100 valence electrons. The van der Waals surface area contributed by atoms with Gasteiger partial charge in [-0.2, -0.15) is 0 Å². The third kappa shape index (κ3) is 2.29. The molecule has 0 radical (unpaired) electrons. The standard InChI is InChI=1S/C18H18N2/c1-12(2)18-16(5-4-10-19-18)14-8-9-17-15(11-14)7-6-13(3)20-17/h4-12H,1-3H3. The molecule has 0 fully saturated rings. The summed E-state index contributed by atoms with van der Waals surface area (Å²) >= 11 is 0. The molecular weight excluding hydrogens is 244 g/mol. The van der Waals surface area contributed by atoms with Crippen LogP contribution in [0.15, 0.2) is 48.7 Å². The molecule has 0 N–H and O–H groups in total. The van der Waals surface area contributed by atoms with Crippen LogP contribution in [-0.2, 0) is 0 Å². The quantitative estimate of drug-likeness (QED) is 0.667. The molecule has 0 spiro atoms. The van der Waals surface area contributed by atoms with Crippen molar-refractivity contribution in [1.82, 2.24) is 9.97 Å². The number of nitrogens with zero attached hydrogens (tertiary/aromatic N) is 2. The van der Waals surface area contributed by atoms with E-state index in [1.807, 2.05) is 19.2 Å². The van der Waals surface area contributed by atoms with E-state index in [9.17, 15) is 0 Å². The van der Waals surface area contributed by atoms with Crippen LogP contribution in [0, 0.1) is 6.92 Å². The molecule has 0 bridgehead atoms. The van der Waals surface area contributed by atoms with Gasteiger partial charge in [0.1, 0.15) is 0 Å². The second kappa shape index (κ2) is 5.04. The Morgan fingerprint density at radius 1 is 1.00 bits per heavy atom. The number of pyridine rings is 2. The second-order valence-corrected chi connectivity index (χ2v) is 5.45. The van der Waals surface area contributed by atoms with Crippen LogP contribution in [0.25, 0.3) is 22.0 Å². The minimum atomic E-state index is 0.415. The van der Waals surface area contributed by atoms with Gasteiger partial charge >= 0.3 is 0 Å². The van der Waals surface area contributed by atoms with E-state index < -0.39 is 0 Å². The summed E-state index contributed by atoms with van der Waals surface area (Å²) in [6.45, 7) is 6.38. The first-order chi connectivity index (χ1) is 9.65. The van der Waals surface area contributed by atoms with Gasteiger partial charge in [0.05, 0.1) is 11.2 Å². The van der Waals surface area contributed by atoms with Crippen molar-refractivity contribution in [2.24, 2.45) is 0 Å². The monoisotopic (exact) mass is 262 g/mol. The summed E-state index contributed by atoms with van der Waals surface area (Å²) < 4.78 is 0. The average Bonchev–Trinajstić information content (AvgIpc) is 2.46. The van der Waals surface area contributed by atoms with E-state index in [0.29, 0.717) is 5.92 Å².